The summed E-state index contributed by atoms with van der Waals surface area (Å²) in [5, 5.41) is 8.71. The number of benzene rings is 1. The summed E-state index contributed by atoms with van der Waals surface area (Å²) < 4.78 is 11.4. The molecule has 1 saturated carbocycles. The largest absolute Gasteiger partial charge is 0.497 e. The summed E-state index contributed by atoms with van der Waals surface area (Å²) in [5.41, 5.74) is 1.50. The van der Waals surface area contributed by atoms with Crippen LogP contribution in [-0.2, 0) is 17.8 Å². The summed E-state index contributed by atoms with van der Waals surface area (Å²) in [6.07, 6.45) is 3.62. The van der Waals surface area contributed by atoms with Gasteiger partial charge in [-0.3, -0.25) is 10.1 Å². The number of methoxy groups -OCH3 is 1. The molecule has 0 bridgehead atoms. The van der Waals surface area contributed by atoms with Crippen molar-refractivity contribution < 1.29 is 19.1 Å². The summed E-state index contributed by atoms with van der Waals surface area (Å²) in [5.74, 6) is 1.68. The van der Waals surface area contributed by atoms with Crippen LogP contribution in [0.15, 0.2) is 12.1 Å². The molecule has 4 rings (SSSR count). The molecule has 1 aromatic rings. The first kappa shape index (κ1) is 17.1. The minimum Gasteiger partial charge on any atom is -0.497 e. The first-order chi connectivity index (χ1) is 12.5. The number of carbonyl (C=O) groups is 2. The molecule has 3 amide bonds. The van der Waals surface area contributed by atoms with Crippen molar-refractivity contribution >= 4 is 11.9 Å². The molecule has 2 fully saturated rings. The number of urea groups is 1. The lowest BCUT2D eigenvalue weighted by molar-refractivity contribution is -0.125. The van der Waals surface area contributed by atoms with Gasteiger partial charge in [-0.1, -0.05) is 6.42 Å². The highest BCUT2D eigenvalue weighted by molar-refractivity contribution is 6.07. The molecule has 0 radical (unpaired) electrons. The SMILES string of the molecule is COc1cc(CNC[C@@H]2CCC[C@@]23NC(=O)NC3=O)c2c(c1)C[C@H](C)O2. The van der Waals surface area contributed by atoms with Crippen LogP contribution in [0.1, 0.15) is 37.3 Å². The highest BCUT2D eigenvalue weighted by Gasteiger charge is 2.53. The molecule has 2 heterocycles. The Labute approximate surface area is 152 Å². The summed E-state index contributed by atoms with van der Waals surface area (Å²) in [4.78, 5) is 23.9. The number of ether oxygens (including phenoxy) is 2. The zero-order valence-corrected chi connectivity index (χ0v) is 15.2. The van der Waals surface area contributed by atoms with Crippen LogP contribution < -0.4 is 25.4 Å². The number of fused-ring (bicyclic) bond motifs is 1. The molecule has 3 aliphatic rings. The molecule has 0 unspecified atom stereocenters. The molecule has 1 spiro atoms. The van der Waals surface area contributed by atoms with Crippen LogP contribution in [0.5, 0.6) is 11.5 Å². The average molecular weight is 359 g/mol. The number of imide groups is 1. The van der Waals surface area contributed by atoms with Gasteiger partial charge in [0.1, 0.15) is 23.1 Å². The second-order valence-electron chi connectivity index (χ2n) is 7.51. The lowest BCUT2D eigenvalue weighted by atomic mass is 9.87. The Bertz CT molecular complexity index is 751. The topological polar surface area (TPSA) is 88.7 Å². The van der Waals surface area contributed by atoms with Crippen molar-refractivity contribution in [2.24, 2.45) is 5.92 Å². The first-order valence-corrected chi connectivity index (χ1v) is 9.22. The molecule has 1 aromatic carbocycles. The second-order valence-corrected chi connectivity index (χ2v) is 7.51. The number of amides is 3. The standard InChI is InChI=1S/C19H25N3O4/c1-11-6-12-7-15(25-2)8-13(16(12)26-11)9-20-10-14-4-3-5-19(14)17(23)21-18(24)22-19/h7-8,11,14,20H,3-6,9-10H2,1-2H3,(H2,21,22,23,24)/t11-,14-,19+/m0/s1. The van der Waals surface area contributed by atoms with E-state index in [1.807, 2.05) is 12.1 Å². The van der Waals surface area contributed by atoms with E-state index in [2.05, 4.69) is 22.9 Å². The predicted octanol–water partition coefficient (Wildman–Crippen LogP) is 1.49. The summed E-state index contributed by atoms with van der Waals surface area (Å²) in [6, 6.07) is 3.65. The molecule has 3 atom stereocenters. The third-order valence-electron chi connectivity index (χ3n) is 5.77. The average Bonchev–Trinajstić information content (AvgIpc) is 3.25. The highest BCUT2D eigenvalue weighted by Crippen LogP contribution is 2.38. The number of carbonyl (C=O) groups excluding carboxylic acids is 2. The zero-order valence-electron chi connectivity index (χ0n) is 15.2. The minimum absolute atomic E-state index is 0.0902. The Morgan fingerprint density at radius 3 is 2.96 bits per heavy atom. The fourth-order valence-corrected chi connectivity index (χ4v) is 4.53. The maximum Gasteiger partial charge on any atom is 0.322 e. The molecular formula is C19H25N3O4. The van der Waals surface area contributed by atoms with Gasteiger partial charge in [0.05, 0.1) is 7.11 Å². The smallest absolute Gasteiger partial charge is 0.322 e. The number of hydrogen-bond donors (Lipinski definition) is 3. The molecule has 2 aliphatic heterocycles. The van der Waals surface area contributed by atoms with Crippen LogP contribution in [-0.4, -0.2) is 37.2 Å². The van der Waals surface area contributed by atoms with Crippen LogP contribution in [0.25, 0.3) is 0 Å². The molecule has 1 aliphatic carbocycles. The third-order valence-corrected chi connectivity index (χ3v) is 5.77. The lowest BCUT2D eigenvalue weighted by Gasteiger charge is -2.28. The second kappa shape index (κ2) is 6.46. The van der Waals surface area contributed by atoms with Crippen molar-refractivity contribution in [1.29, 1.82) is 0 Å². The number of hydrogen-bond acceptors (Lipinski definition) is 5. The highest BCUT2D eigenvalue weighted by atomic mass is 16.5. The first-order valence-electron chi connectivity index (χ1n) is 9.22. The van der Waals surface area contributed by atoms with Gasteiger partial charge in [-0.15, -0.1) is 0 Å². The number of nitrogens with one attached hydrogen (secondary N) is 3. The zero-order chi connectivity index (χ0) is 18.3. The Kier molecular flexibility index (Phi) is 4.26. The van der Waals surface area contributed by atoms with Crippen molar-refractivity contribution in [3.8, 4) is 11.5 Å². The van der Waals surface area contributed by atoms with Crippen molar-refractivity contribution in [2.45, 2.75) is 50.8 Å². The van der Waals surface area contributed by atoms with Gasteiger partial charge in [-0.05, 0) is 31.9 Å². The fraction of sp³-hybridized carbons (Fsp3) is 0.579. The Balaban J connectivity index is 1.45. The van der Waals surface area contributed by atoms with Crippen LogP contribution in [0.2, 0.25) is 0 Å². The van der Waals surface area contributed by atoms with Gasteiger partial charge in [0, 0.05) is 36.6 Å². The van der Waals surface area contributed by atoms with E-state index in [4.69, 9.17) is 9.47 Å². The summed E-state index contributed by atoms with van der Waals surface area (Å²) >= 11 is 0. The van der Waals surface area contributed by atoms with E-state index < -0.39 is 5.54 Å². The van der Waals surface area contributed by atoms with E-state index >= 15 is 0 Å². The van der Waals surface area contributed by atoms with E-state index in [1.165, 1.54) is 5.56 Å². The van der Waals surface area contributed by atoms with Gasteiger partial charge in [-0.2, -0.15) is 0 Å². The quantitative estimate of drug-likeness (QED) is 0.693. The van der Waals surface area contributed by atoms with Gasteiger partial charge >= 0.3 is 6.03 Å². The molecule has 7 nitrogen and oxygen atoms in total. The minimum atomic E-state index is -0.745. The lowest BCUT2D eigenvalue weighted by Crippen LogP contribution is -2.52. The molecule has 0 aromatic heterocycles. The van der Waals surface area contributed by atoms with Gasteiger partial charge in [0.2, 0.25) is 0 Å². The van der Waals surface area contributed by atoms with E-state index in [9.17, 15) is 9.59 Å². The normalized spacial score (nSPS) is 29.5. The molecular weight excluding hydrogens is 334 g/mol. The van der Waals surface area contributed by atoms with Crippen LogP contribution in [0.4, 0.5) is 4.79 Å². The molecule has 3 N–H and O–H groups in total. The van der Waals surface area contributed by atoms with Crippen molar-refractivity contribution in [3.05, 3.63) is 23.3 Å². The summed E-state index contributed by atoms with van der Waals surface area (Å²) in [6.45, 7) is 3.36. The maximum absolute atomic E-state index is 12.3. The predicted molar refractivity (Wildman–Crippen MR) is 95.2 cm³/mol. The van der Waals surface area contributed by atoms with Gasteiger partial charge < -0.3 is 20.1 Å². The third kappa shape index (κ3) is 2.80. The van der Waals surface area contributed by atoms with E-state index in [0.717, 1.165) is 36.3 Å². The monoisotopic (exact) mass is 359 g/mol. The van der Waals surface area contributed by atoms with Gasteiger partial charge in [0.25, 0.3) is 5.91 Å². The summed E-state index contributed by atoms with van der Waals surface area (Å²) in [7, 11) is 1.67. The van der Waals surface area contributed by atoms with Crippen LogP contribution in [0.3, 0.4) is 0 Å². The Hall–Kier alpha value is -2.28. The van der Waals surface area contributed by atoms with E-state index in [1.54, 1.807) is 7.11 Å². The Morgan fingerprint density at radius 1 is 1.38 bits per heavy atom. The van der Waals surface area contributed by atoms with Crippen molar-refractivity contribution in [2.75, 3.05) is 13.7 Å². The maximum atomic E-state index is 12.3. The molecule has 140 valence electrons. The van der Waals surface area contributed by atoms with Crippen LogP contribution >= 0.6 is 0 Å². The van der Waals surface area contributed by atoms with Gasteiger partial charge in [-0.25, -0.2) is 4.79 Å². The van der Waals surface area contributed by atoms with Crippen LogP contribution in [0, 0.1) is 5.92 Å². The Morgan fingerprint density at radius 2 is 2.23 bits per heavy atom. The van der Waals surface area contributed by atoms with Crippen molar-refractivity contribution in [1.82, 2.24) is 16.0 Å². The van der Waals surface area contributed by atoms with Crippen molar-refractivity contribution in [3.63, 3.8) is 0 Å². The number of rotatable bonds is 5. The fourth-order valence-electron chi connectivity index (χ4n) is 4.53. The van der Waals surface area contributed by atoms with Gasteiger partial charge in [0.15, 0.2) is 0 Å². The van der Waals surface area contributed by atoms with E-state index in [-0.39, 0.29) is 24.0 Å². The van der Waals surface area contributed by atoms with E-state index in [0.29, 0.717) is 19.5 Å². The molecule has 26 heavy (non-hydrogen) atoms. The molecule has 7 heteroatoms. The molecule has 1 saturated heterocycles.